The van der Waals surface area contributed by atoms with Crippen LogP contribution in [0.1, 0.15) is 41.0 Å². The Morgan fingerprint density at radius 1 is 1.35 bits per heavy atom. The molecule has 7 nitrogen and oxygen atoms in total. The van der Waals surface area contributed by atoms with Gasteiger partial charge >= 0.3 is 6.09 Å². The molecule has 1 aliphatic rings. The molecule has 23 heavy (non-hydrogen) atoms. The Labute approximate surface area is 139 Å². The third-order valence-corrected chi connectivity index (χ3v) is 3.42. The van der Waals surface area contributed by atoms with Crippen LogP contribution in [-0.2, 0) is 9.47 Å². The minimum absolute atomic E-state index is 0.0884. The number of nitrogens with zero attached hydrogens (tertiary/aromatic N) is 3. The third-order valence-electron chi connectivity index (χ3n) is 3.42. The van der Waals surface area contributed by atoms with Crippen LogP contribution in [0.4, 0.5) is 4.79 Å². The Morgan fingerprint density at radius 3 is 2.48 bits per heavy atom. The Morgan fingerprint density at radius 2 is 1.96 bits per heavy atom. The second kappa shape index (κ2) is 8.96. The highest BCUT2D eigenvalue weighted by atomic mass is 16.6. The second-order valence-corrected chi connectivity index (χ2v) is 6.96. The van der Waals surface area contributed by atoms with Crippen LogP contribution in [0.25, 0.3) is 0 Å². The zero-order chi connectivity index (χ0) is 17.5. The van der Waals surface area contributed by atoms with Crippen molar-refractivity contribution in [3.63, 3.8) is 0 Å². The Kier molecular flexibility index (Phi) is 7.61. The van der Waals surface area contributed by atoms with E-state index in [9.17, 15) is 4.79 Å². The SMILES string of the molecule is CC(C)N(CCCN=C(N)N1CCOCC1)C(=O)OC(C)(C)C. The van der Waals surface area contributed by atoms with Crippen molar-refractivity contribution < 1.29 is 14.3 Å². The highest BCUT2D eigenvalue weighted by molar-refractivity contribution is 5.78. The van der Waals surface area contributed by atoms with Gasteiger partial charge in [-0.3, -0.25) is 4.99 Å². The van der Waals surface area contributed by atoms with Crippen LogP contribution in [-0.4, -0.2) is 72.9 Å². The molecule has 1 aliphatic heterocycles. The zero-order valence-electron chi connectivity index (χ0n) is 15.2. The van der Waals surface area contributed by atoms with Crippen molar-refractivity contribution in [3.05, 3.63) is 0 Å². The molecule has 0 unspecified atom stereocenters. The Balaban J connectivity index is 2.42. The van der Waals surface area contributed by atoms with Crippen molar-refractivity contribution in [3.8, 4) is 0 Å². The van der Waals surface area contributed by atoms with Gasteiger partial charge < -0.3 is 25.0 Å². The molecular formula is C16H32N4O3. The van der Waals surface area contributed by atoms with E-state index in [0.29, 0.717) is 32.3 Å². The summed E-state index contributed by atoms with van der Waals surface area (Å²) in [5, 5.41) is 0. The van der Waals surface area contributed by atoms with Gasteiger partial charge in [0.15, 0.2) is 5.96 Å². The Hall–Kier alpha value is -1.50. The minimum atomic E-state index is -0.483. The highest BCUT2D eigenvalue weighted by Gasteiger charge is 2.23. The molecule has 1 fully saturated rings. The molecule has 1 rings (SSSR count). The maximum absolute atomic E-state index is 12.2. The maximum atomic E-state index is 12.2. The van der Waals surface area contributed by atoms with E-state index in [0.717, 1.165) is 19.5 Å². The topological polar surface area (TPSA) is 80.4 Å². The van der Waals surface area contributed by atoms with Crippen LogP contribution in [0, 0.1) is 0 Å². The smallest absolute Gasteiger partial charge is 0.410 e. The molecule has 134 valence electrons. The normalized spacial score (nSPS) is 16.6. The number of carbonyl (C=O) groups is 1. The molecule has 0 bridgehead atoms. The van der Waals surface area contributed by atoms with Gasteiger partial charge in [0.1, 0.15) is 5.60 Å². The molecule has 1 amide bonds. The summed E-state index contributed by atoms with van der Waals surface area (Å²) >= 11 is 0. The van der Waals surface area contributed by atoms with Gasteiger partial charge in [-0.2, -0.15) is 0 Å². The van der Waals surface area contributed by atoms with Gasteiger partial charge in [-0.15, -0.1) is 0 Å². The van der Waals surface area contributed by atoms with Gasteiger partial charge in [0.05, 0.1) is 13.2 Å². The number of nitrogens with two attached hydrogens (primary N) is 1. The molecule has 0 aromatic heterocycles. The largest absolute Gasteiger partial charge is 0.444 e. The van der Waals surface area contributed by atoms with Gasteiger partial charge in [0, 0.05) is 32.2 Å². The summed E-state index contributed by atoms with van der Waals surface area (Å²) in [6.07, 6.45) is 0.472. The van der Waals surface area contributed by atoms with Crippen molar-refractivity contribution in [2.45, 2.75) is 52.7 Å². The summed E-state index contributed by atoms with van der Waals surface area (Å²) in [6.45, 7) is 13.7. The third kappa shape index (κ3) is 7.54. The van der Waals surface area contributed by atoms with Crippen molar-refractivity contribution in [1.29, 1.82) is 0 Å². The number of amides is 1. The highest BCUT2D eigenvalue weighted by Crippen LogP contribution is 2.12. The fourth-order valence-electron chi connectivity index (χ4n) is 2.21. The van der Waals surface area contributed by atoms with Crippen LogP contribution in [0.5, 0.6) is 0 Å². The average Bonchev–Trinajstić information content (AvgIpc) is 2.45. The Bertz CT molecular complexity index is 399. The summed E-state index contributed by atoms with van der Waals surface area (Å²) < 4.78 is 10.7. The van der Waals surface area contributed by atoms with Gasteiger partial charge in [-0.05, 0) is 41.0 Å². The monoisotopic (exact) mass is 328 g/mol. The van der Waals surface area contributed by atoms with Gasteiger partial charge in [-0.1, -0.05) is 0 Å². The molecule has 0 spiro atoms. The molecule has 2 N–H and O–H groups in total. The molecule has 1 saturated heterocycles. The molecule has 0 aromatic carbocycles. The summed E-state index contributed by atoms with van der Waals surface area (Å²) in [4.78, 5) is 20.3. The van der Waals surface area contributed by atoms with Crippen molar-refractivity contribution in [2.75, 3.05) is 39.4 Å². The predicted octanol–water partition coefficient (Wildman–Crippen LogP) is 1.67. The first-order valence-corrected chi connectivity index (χ1v) is 8.33. The average molecular weight is 328 g/mol. The number of hydrogen-bond donors (Lipinski definition) is 1. The fourth-order valence-corrected chi connectivity index (χ4v) is 2.21. The van der Waals surface area contributed by atoms with Crippen LogP contribution in [0.2, 0.25) is 0 Å². The summed E-state index contributed by atoms with van der Waals surface area (Å²) in [5.74, 6) is 0.557. The number of ether oxygens (including phenoxy) is 2. The summed E-state index contributed by atoms with van der Waals surface area (Å²) in [6, 6.07) is 0.0884. The van der Waals surface area contributed by atoms with E-state index in [1.54, 1.807) is 4.90 Å². The number of aliphatic imine (C=N–C) groups is 1. The number of morpholine rings is 1. The second-order valence-electron chi connectivity index (χ2n) is 6.96. The molecule has 0 aliphatic carbocycles. The molecule has 0 aromatic rings. The zero-order valence-corrected chi connectivity index (χ0v) is 15.2. The van der Waals surface area contributed by atoms with E-state index in [1.807, 2.05) is 39.5 Å². The van der Waals surface area contributed by atoms with Gasteiger partial charge in [0.25, 0.3) is 0 Å². The molecule has 7 heteroatoms. The van der Waals surface area contributed by atoms with Gasteiger partial charge in [0.2, 0.25) is 0 Å². The van der Waals surface area contributed by atoms with Gasteiger partial charge in [-0.25, -0.2) is 4.79 Å². The molecule has 0 atom stereocenters. The summed E-state index contributed by atoms with van der Waals surface area (Å²) in [7, 11) is 0. The lowest BCUT2D eigenvalue weighted by Gasteiger charge is -2.30. The number of rotatable bonds is 5. The van der Waals surface area contributed by atoms with E-state index in [1.165, 1.54) is 0 Å². The first-order valence-electron chi connectivity index (χ1n) is 8.33. The van der Waals surface area contributed by atoms with Crippen molar-refractivity contribution in [1.82, 2.24) is 9.80 Å². The van der Waals surface area contributed by atoms with E-state index in [4.69, 9.17) is 15.2 Å². The molecule has 1 heterocycles. The molecule has 0 saturated carbocycles. The first-order chi connectivity index (χ1) is 10.7. The van der Waals surface area contributed by atoms with Crippen LogP contribution in [0.3, 0.4) is 0 Å². The lowest BCUT2D eigenvalue weighted by molar-refractivity contribution is 0.0190. The van der Waals surface area contributed by atoms with E-state index in [2.05, 4.69) is 4.99 Å². The van der Waals surface area contributed by atoms with E-state index in [-0.39, 0.29) is 12.1 Å². The first kappa shape index (κ1) is 19.5. The van der Waals surface area contributed by atoms with Crippen LogP contribution >= 0.6 is 0 Å². The lowest BCUT2D eigenvalue weighted by atomic mass is 10.2. The van der Waals surface area contributed by atoms with Crippen LogP contribution < -0.4 is 5.73 Å². The molecular weight excluding hydrogens is 296 g/mol. The summed E-state index contributed by atoms with van der Waals surface area (Å²) in [5.41, 5.74) is 5.50. The standard InChI is InChI=1S/C16H32N4O3/c1-13(2)20(15(21)23-16(3,4)5)8-6-7-18-14(17)19-9-11-22-12-10-19/h13H,6-12H2,1-5H3,(H2,17,18). The van der Waals surface area contributed by atoms with E-state index < -0.39 is 5.60 Å². The fraction of sp³-hybridized carbons (Fsp3) is 0.875. The number of carbonyl (C=O) groups excluding carboxylic acids is 1. The van der Waals surface area contributed by atoms with Crippen LogP contribution in [0.15, 0.2) is 4.99 Å². The predicted molar refractivity (Wildman–Crippen MR) is 91.6 cm³/mol. The van der Waals surface area contributed by atoms with E-state index >= 15 is 0 Å². The number of hydrogen-bond acceptors (Lipinski definition) is 4. The quantitative estimate of drug-likeness (QED) is 0.472. The van der Waals surface area contributed by atoms with Crippen molar-refractivity contribution >= 4 is 12.1 Å². The lowest BCUT2D eigenvalue weighted by Crippen LogP contribution is -2.45. The van der Waals surface area contributed by atoms with Crippen molar-refractivity contribution in [2.24, 2.45) is 10.7 Å². The maximum Gasteiger partial charge on any atom is 0.410 e. The molecule has 0 radical (unpaired) electrons. The minimum Gasteiger partial charge on any atom is -0.444 e. The number of guanidine groups is 1.